The van der Waals surface area contributed by atoms with Crippen molar-refractivity contribution >= 4 is 17.4 Å². The van der Waals surface area contributed by atoms with Gasteiger partial charge in [-0.2, -0.15) is 14.6 Å². The number of anilines is 2. The average Bonchev–Trinajstić information content (AvgIpc) is 3.23. The van der Waals surface area contributed by atoms with Gasteiger partial charge in [-0.3, -0.25) is 4.98 Å². The van der Waals surface area contributed by atoms with E-state index in [9.17, 15) is 0 Å². The SMILES string of the molecule is CN(C)c1ccnc(N2CCC(c3nnc4ccc(-c5cccnc5)nn34)CC2)n1. The molecule has 0 aliphatic carbocycles. The second-order valence-electron chi connectivity index (χ2n) is 7.66. The van der Waals surface area contributed by atoms with Crippen molar-refractivity contribution in [1.82, 2.24) is 34.8 Å². The molecule has 4 aromatic heterocycles. The standard InChI is InChI=1S/C21H23N9/c1-28(2)18-7-11-23-21(24-18)29-12-8-15(9-13-29)20-26-25-19-6-5-17(27-30(19)20)16-4-3-10-22-14-16/h3-7,10-11,14-15H,8-9,12-13H2,1-2H3. The van der Waals surface area contributed by atoms with Gasteiger partial charge >= 0.3 is 0 Å². The van der Waals surface area contributed by atoms with E-state index in [1.54, 1.807) is 6.20 Å². The number of hydrogen-bond acceptors (Lipinski definition) is 8. The molecule has 0 radical (unpaired) electrons. The van der Waals surface area contributed by atoms with Crippen LogP contribution in [0.2, 0.25) is 0 Å². The molecule has 152 valence electrons. The Hall–Kier alpha value is -3.62. The molecule has 1 fully saturated rings. The largest absolute Gasteiger partial charge is 0.363 e. The zero-order chi connectivity index (χ0) is 20.5. The molecule has 0 atom stereocenters. The average molecular weight is 401 g/mol. The fourth-order valence-corrected chi connectivity index (χ4v) is 3.81. The molecule has 0 amide bonds. The summed E-state index contributed by atoms with van der Waals surface area (Å²) in [4.78, 5) is 17.6. The minimum absolute atomic E-state index is 0.296. The Labute approximate surface area is 174 Å². The van der Waals surface area contributed by atoms with Crippen LogP contribution in [0.25, 0.3) is 16.9 Å². The molecule has 0 aromatic carbocycles. The Balaban J connectivity index is 1.37. The number of pyridine rings is 1. The van der Waals surface area contributed by atoms with Gasteiger partial charge in [0.2, 0.25) is 5.95 Å². The summed E-state index contributed by atoms with van der Waals surface area (Å²) in [5.41, 5.74) is 2.61. The van der Waals surface area contributed by atoms with E-state index in [1.165, 1.54) is 0 Å². The number of aromatic nitrogens is 7. The van der Waals surface area contributed by atoms with Gasteiger partial charge in [0.25, 0.3) is 0 Å². The molecule has 0 unspecified atom stereocenters. The summed E-state index contributed by atoms with van der Waals surface area (Å²) in [6.45, 7) is 1.75. The van der Waals surface area contributed by atoms with Crippen LogP contribution in [0, 0.1) is 0 Å². The quantitative estimate of drug-likeness (QED) is 0.515. The van der Waals surface area contributed by atoms with E-state index in [0.717, 1.165) is 60.4 Å². The normalized spacial score (nSPS) is 14.9. The molecule has 0 saturated carbocycles. The molecule has 9 nitrogen and oxygen atoms in total. The molecule has 1 aliphatic heterocycles. The summed E-state index contributed by atoms with van der Waals surface area (Å²) in [5.74, 6) is 2.91. The van der Waals surface area contributed by atoms with Crippen molar-refractivity contribution in [2.75, 3.05) is 37.0 Å². The van der Waals surface area contributed by atoms with Crippen LogP contribution in [-0.4, -0.2) is 61.9 Å². The second-order valence-corrected chi connectivity index (χ2v) is 7.66. The van der Waals surface area contributed by atoms with Crippen LogP contribution in [0.5, 0.6) is 0 Å². The number of nitrogens with zero attached hydrogens (tertiary/aromatic N) is 9. The molecule has 30 heavy (non-hydrogen) atoms. The lowest BCUT2D eigenvalue weighted by molar-refractivity contribution is 0.473. The fourth-order valence-electron chi connectivity index (χ4n) is 3.81. The van der Waals surface area contributed by atoms with Crippen molar-refractivity contribution in [3.8, 4) is 11.3 Å². The van der Waals surface area contributed by atoms with E-state index in [1.807, 2.05) is 66.2 Å². The van der Waals surface area contributed by atoms with Gasteiger partial charge in [0.1, 0.15) is 5.82 Å². The number of rotatable bonds is 4. The maximum absolute atomic E-state index is 4.80. The third kappa shape index (κ3) is 3.42. The minimum Gasteiger partial charge on any atom is -0.363 e. The van der Waals surface area contributed by atoms with Crippen molar-refractivity contribution in [2.45, 2.75) is 18.8 Å². The van der Waals surface area contributed by atoms with Gasteiger partial charge in [-0.1, -0.05) is 0 Å². The predicted molar refractivity (Wildman–Crippen MR) is 115 cm³/mol. The molecule has 0 bridgehead atoms. The fraction of sp³-hybridized carbons (Fsp3) is 0.333. The van der Waals surface area contributed by atoms with Crippen LogP contribution < -0.4 is 9.80 Å². The Morgan fingerprint density at radius 3 is 2.63 bits per heavy atom. The summed E-state index contributed by atoms with van der Waals surface area (Å²) >= 11 is 0. The molecule has 5 rings (SSSR count). The molecule has 1 aliphatic rings. The van der Waals surface area contributed by atoms with E-state index in [2.05, 4.69) is 30.0 Å². The van der Waals surface area contributed by atoms with Crippen molar-refractivity contribution in [3.05, 3.63) is 54.7 Å². The highest BCUT2D eigenvalue weighted by Gasteiger charge is 2.26. The lowest BCUT2D eigenvalue weighted by Crippen LogP contribution is -2.35. The Bertz CT molecular complexity index is 1150. The third-order valence-corrected chi connectivity index (χ3v) is 5.47. The summed E-state index contributed by atoms with van der Waals surface area (Å²) in [6.07, 6.45) is 7.31. The first kappa shape index (κ1) is 18.4. The number of hydrogen-bond donors (Lipinski definition) is 0. The smallest absolute Gasteiger partial charge is 0.227 e. The summed E-state index contributed by atoms with van der Waals surface area (Å²) in [5, 5.41) is 13.6. The van der Waals surface area contributed by atoms with Gasteiger partial charge in [0.15, 0.2) is 11.5 Å². The maximum atomic E-state index is 4.80. The predicted octanol–water partition coefficient (Wildman–Crippen LogP) is 2.43. The van der Waals surface area contributed by atoms with Gasteiger partial charge in [-0.05, 0) is 43.2 Å². The first-order chi connectivity index (χ1) is 14.7. The van der Waals surface area contributed by atoms with Crippen molar-refractivity contribution < 1.29 is 0 Å². The van der Waals surface area contributed by atoms with Crippen LogP contribution in [0.4, 0.5) is 11.8 Å². The highest BCUT2D eigenvalue weighted by atomic mass is 15.4. The van der Waals surface area contributed by atoms with E-state index in [0.29, 0.717) is 5.92 Å². The Morgan fingerprint density at radius 2 is 1.87 bits per heavy atom. The highest BCUT2D eigenvalue weighted by Crippen LogP contribution is 2.29. The second kappa shape index (κ2) is 7.66. The lowest BCUT2D eigenvalue weighted by Gasteiger charge is -2.31. The summed E-state index contributed by atoms with van der Waals surface area (Å²) < 4.78 is 1.88. The van der Waals surface area contributed by atoms with Gasteiger partial charge in [0, 0.05) is 57.3 Å². The third-order valence-electron chi connectivity index (χ3n) is 5.47. The molecule has 0 N–H and O–H groups in total. The molecule has 1 saturated heterocycles. The molecule has 9 heteroatoms. The molecular weight excluding hydrogens is 378 g/mol. The van der Waals surface area contributed by atoms with Gasteiger partial charge in [-0.15, -0.1) is 10.2 Å². The minimum atomic E-state index is 0.296. The van der Waals surface area contributed by atoms with Crippen molar-refractivity contribution in [2.24, 2.45) is 0 Å². The molecule has 5 heterocycles. The molecule has 4 aromatic rings. The van der Waals surface area contributed by atoms with Crippen LogP contribution in [0.3, 0.4) is 0 Å². The zero-order valence-electron chi connectivity index (χ0n) is 17.0. The number of fused-ring (bicyclic) bond motifs is 1. The van der Waals surface area contributed by atoms with E-state index < -0.39 is 0 Å². The Kier molecular flexibility index (Phi) is 4.70. The van der Waals surface area contributed by atoms with E-state index in [4.69, 9.17) is 5.10 Å². The summed E-state index contributed by atoms with van der Waals surface area (Å²) in [6, 6.07) is 9.76. The molecular formula is C21H23N9. The zero-order valence-corrected chi connectivity index (χ0v) is 17.0. The van der Waals surface area contributed by atoms with Gasteiger partial charge in [-0.25, -0.2) is 4.98 Å². The number of piperidine rings is 1. The van der Waals surface area contributed by atoms with Crippen molar-refractivity contribution in [3.63, 3.8) is 0 Å². The van der Waals surface area contributed by atoms with Crippen molar-refractivity contribution in [1.29, 1.82) is 0 Å². The van der Waals surface area contributed by atoms with E-state index in [-0.39, 0.29) is 0 Å². The van der Waals surface area contributed by atoms with Gasteiger partial charge in [0.05, 0.1) is 5.69 Å². The first-order valence-electron chi connectivity index (χ1n) is 10.1. The summed E-state index contributed by atoms with van der Waals surface area (Å²) in [7, 11) is 3.98. The van der Waals surface area contributed by atoms with Crippen LogP contribution in [0.15, 0.2) is 48.9 Å². The van der Waals surface area contributed by atoms with E-state index >= 15 is 0 Å². The van der Waals surface area contributed by atoms with Crippen LogP contribution in [-0.2, 0) is 0 Å². The van der Waals surface area contributed by atoms with Crippen LogP contribution >= 0.6 is 0 Å². The lowest BCUT2D eigenvalue weighted by atomic mass is 9.96. The highest BCUT2D eigenvalue weighted by molar-refractivity contribution is 5.58. The van der Waals surface area contributed by atoms with Crippen LogP contribution in [0.1, 0.15) is 24.6 Å². The Morgan fingerprint density at radius 1 is 1.00 bits per heavy atom. The molecule has 0 spiro atoms. The maximum Gasteiger partial charge on any atom is 0.227 e. The topological polar surface area (TPSA) is 88.2 Å². The van der Waals surface area contributed by atoms with Gasteiger partial charge < -0.3 is 9.80 Å². The first-order valence-corrected chi connectivity index (χ1v) is 10.1. The monoisotopic (exact) mass is 401 g/mol.